The van der Waals surface area contributed by atoms with Crippen LogP contribution < -0.4 is 0 Å². The van der Waals surface area contributed by atoms with Crippen molar-refractivity contribution in [3.05, 3.63) is 12.2 Å². The maximum atomic E-state index is 11.8. The molecule has 0 aliphatic carbocycles. The maximum absolute atomic E-state index is 11.8. The summed E-state index contributed by atoms with van der Waals surface area (Å²) in [5.41, 5.74) is 0. The Morgan fingerprint density at radius 2 is 1.13 bits per heavy atom. The second-order valence-corrected chi connectivity index (χ2v) is 13.3. The summed E-state index contributed by atoms with van der Waals surface area (Å²) in [5, 5.41) is 0. The first-order chi connectivity index (χ1) is 18.7. The van der Waals surface area contributed by atoms with E-state index in [1.54, 1.807) is 0 Å². The first-order valence-electron chi connectivity index (χ1n) is 15.9. The highest BCUT2D eigenvalue weighted by atomic mass is 31.2. The molecule has 1 N–H and O–H groups in total. The Hall–Kier alpha value is -0.720. The average molecular weight is 577 g/mol. The molecule has 0 aliphatic heterocycles. The molecule has 0 rings (SSSR count). The van der Waals surface area contributed by atoms with E-state index in [-0.39, 0.29) is 25.8 Å². The highest BCUT2D eigenvalue weighted by Crippen LogP contribution is 2.43. The Bertz CT molecular complexity index is 635. The number of nitrogens with zero attached hydrogens (tertiary/aromatic N) is 1. The molecule has 7 nitrogen and oxygen atoms in total. The SMILES string of the molecule is CCCCCCCCC=CCCCCCCCCCCCC(=O)OCCCOP(=O)(O)OCCC[N+](C)(C)C. The van der Waals surface area contributed by atoms with E-state index in [2.05, 4.69) is 40.2 Å². The summed E-state index contributed by atoms with van der Waals surface area (Å²) in [4.78, 5) is 21.5. The van der Waals surface area contributed by atoms with Gasteiger partial charge in [-0.05, 0) is 32.1 Å². The second-order valence-electron chi connectivity index (χ2n) is 11.8. The number of carbonyl (C=O) groups excluding carboxylic acids is 1. The standard InChI is InChI=1S/C31H62NO6P/c1-5-6-7-8-9-10-11-12-13-14-15-16-17-18-19-20-21-22-23-26-31(33)36-28-25-30-38-39(34,35)37-29-24-27-32(2,3)4/h12-13H,5-11,14-30H2,1-4H3/p+1. The van der Waals surface area contributed by atoms with Crippen molar-refractivity contribution >= 4 is 13.8 Å². The van der Waals surface area contributed by atoms with Crippen LogP contribution in [0.3, 0.4) is 0 Å². The summed E-state index contributed by atoms with van der Waals surface area (Å²) < 4.78 is 27.7. The number of allylic oxidation sites excluding steroid dienone is 2. The molecule has 232 valence electrons. The maximum Gasteiger partial charge on any atom is 0.472 e. The lowest BCUT2D eigenvalue weighted by molar-refractivity contribution is -0.870. The van der Waals surface area contributed by atoms with Crippen molar-refractivity contribution in [1.82, 2.24) is 0 Å². The van der Waals surface area contributed by atoms with Crippen LogP contribution in [-0.4, -0.2) is 62.9 Å². The summed E-state index contributed by atoms with van der Waals surface area (Å²) >= 11 is 0. The minimum absolute atomic E-state index is 0.0202. The van der Waals surface area contributed by atoms with Gasteiger partial charge in [0, 0.05) is 19.3 Å². The predicted octanol–water partition coefficient (Wildman–Crippen LogP) is 8.75. The largest absolute Gasteiger partial charge is 0.472 e. The lowest BCUT2D eigenvalue weighted by Crippen LogP contribution is -2.35. The number of hydrogen-bond acceptors (Lipinski definition) is 5. The summed E-state index contributed by atoms with van der Waals surface area (Å²) in [6, 6.07) is 0. The number of unbranched alkanes of at least 4 members (excludes halogenated alkanes) is 15. The van der Waals surface area contributed by atoms with Gasteiger partial charge in [0.25, 0.3) is 0 Å². The van der Waals surface area contributed by atoms with Gasteiger partial charge in [-0.1, -0.05) is 96.1 Å². The number of rotatable bonds is 29. The molecule has 0 aromatic rings. The quantitative estimate of drug-likeness (QED) is 0.0315. The van der Waals surface area contributed by atoms with Crippen LogP contribution in [0.2, 0.25) is 0 Å². The number of hydrogen-bond donors (Lipinski definition) is 1. The molecular weight excluding hydrogens is 513 g/mol. The molecule has 0 spiro atoms. The zero-order valence-electron chi connectivity index (χ0n) is 26.0. The van der Waals surface area contributed by atoms with Gasteiger partial charge in [-0.2, -0.15) is 0 Å². The number of esters is 1. The average Bonchev–Trinajstić information content (AvgIpc) is 2.87. The van der Waals surface area contributed by atoms with Gasteiger partial charge in [0.15, 0.2) is 0 Å². The van der Waals surface area contributed by atoms with E-state index in [4.69, 9.17) is 13.8 Å². The minimum atomic E-state index is -4.04. The molecule has 0 aromatic carbocycles. The van der Waals surface area contributed by atoms with Crippen LogP contribution >= 0.6 is 7.82 Å². The van der Waals surface area contributed by atoms with E-state index in [0.717, 1.165) is 23.9 Å². The first kappa shape index (κ1) is 38.3. The summed E-state index contributed by atoms with van der Waals surface area (Å²) in [6.45, 7) is 3.49. The Morgan fingerprint density at radius 3 is 1.64 bits per heavy atom. The molecule has 39 heavy (non-hydrogen) atoms. The van der Waals surface area contributed by atoms with E-state index in [0.29, 0.717) is 19.3 Å². The van der Waals surface area contributed by atoms with Crippen molar-refractivity contribution in [3.8, 4) is 0 Å². The zero-order valence-corrected chi connectivity index (χ0v) is 26.9. The molecule has 0 amide bonds. The number of ether oxygens (including phenoxy) is 1. The molecule has 0 bridgehead atoms. The predicted molar refractivity (Wildman–Crippen MR) is 163 cm³/mol. The third kappa shape index (κ3) is 31.7. The summed E-state index contributed by atoms with van der Waals surface area (Å²) in [6.07, 6.45) is 27.9. The summed E-state index contributed by atoms with van der Waals surface area (Å²) in [7, 11) is 2.12. The molecule has 0 aliphatic rings. The van der Waals surface area contributed by atoms with E-state index in [1.165, 1.54) is 96.3 Å². The van der Waals surface area contributed by atoms with Crippen molar-refractivity contribution in [2.75, 3.05) is 47.5 Å². The fourth-order valence-electron chi connectivity index (χ4n) is 4.30. The van der Waals surface area contributed by atoms with Gasteiger partial charge in [-0.15, -0.1) is 0 Å². The molecule has 0 fully saturated rings. The zero-order chi connectivity index (χ0) is 29.1. The molecule has 0 radical (unpaired) electrons. The van der Waals surface area contributed by atoms with Crippen LogP contribution in [0.25, 0.3) is 0 Å². The van der Waals surface area contributed by atoms with Crippen LogP contribution in [0.15, 0.2) is 12.2 Å². The van der Waals surface area contributed by atoms with Gasteiger partial charge in [0.1, 0.15) is 0 Å². The van der Waals surface area contributed by atoms with Gasteiger partial charge in [-0.3, -0.25) is 13.8 Å². The fourth-order valence-corrected chi connectivity index (χ4v) is 5.09. The number of quaternary nitrogens is 1. The lowest BCUT2D eigenvalue weighted by atomic mass is 10.1. The highest BCUT2D eigenvalue weighted by Gasteiger charge is 2.21. The molecule has 8 heteroatoms. The molecule has 1 unspecified atom stereocenters. The Kier molecular flexibility index (Phi) is 25.7. The molecule has 0 heterocycles. The van der Waals surface area contributed by atoms with Gasteiger partial charge in [-0.25, -0.2) is 4.57 Å². The van der Waals surface area contributed by atoms with Crippen LogP contribution in [0, 0.1) is 0 Å². The van der Waals surface area contributed by atoms with Crippen molar-refractivity contribution in [1.29, 1.82) is 0 Å². The second kappa shape index (κ2) is 26.2. The lowest BCUT2D eigenvalue weighted by Gasteiger charge is -2.23. The summed E-state index contributed by atoms with van der Waals surface area (Å²) in [5.74, 6) is -0.209. The Morgan fingerprint density at radius 1 is 0.667 bits per heavy atom. The minimum Gasteiger partial charge on any atom is -0.466 e. The van der Waals surface area contributed by atoms with Gasteiger partial charge in [0.05, 0.1) is 47.5 Å². The van der Waals surface area contributed by atoms with Crippen molar-refractivity contribution in [2.24, 2.45) is 0 Å². The van der Waals surface area contributed by atoms with Crippen molar-refractivity contribution in [3.63, 3.8) is 0 Å². The van der Waals surface area contributed by atoms with Crippen LogP contribution in [0.5, 0.6) is 0 Å². The van der Waals surface area contributed by atoms with E-state index in [9.17, 15) is 14.3 Å². The molecule has 1 atom stereocenters. The monoisotopic (exact) mass is 576 g/mol. The third-order valence-electron chi connectivity index (χ3n) is 6.68. The first-order valence-corrected chi connectivity index (χ1v) is 17.4. The van der Waals surface area contributed by atoms with Crippen LogP contribution in [0.4, 0.5) is 0 Å². The van der Waals surface area contributed by atoms with Gasteiger partial charge >= 0.3 is 13.8 Å². The number of carbonyl (C=O) groups is 1. The normalized spacial score (nSPS) is 13.7. The van der Waals surface area contributed by atoms with E-state index >= 15 is 0 Å². The van der Waals surface area contributed by atoms with Crippen LogP contribution in [0.1, 0.15) is 135 Å². The van der Waals surface area contributed by atoms with Gasteiger partial charge < -0.3 is 14.1 Å². The molecule has 0 saturated heterocycles. The fraction of sp³-hybridized carbons (Fsp3) is 0.903. The highest BCUT2D eigenvalue weighted by molar-refractivity contribution is 7.47. The smallest absolute Gasteiger partial charge is 0.466 e. The number of phosphoric ester groups is 1. The van der Waals surface area contributed by atoms with E-state index < -0.39 is 7.82 Å². The Balaban J connectivity index is 3.39. The third-order valence-corrected chi connectivity index (χ3v) is 7.69. The van der Waals surface area contributed by atoms with E-state index in [1.807, 2.05) is 0 Å². The topological polar surface area (TPSA) is 82.1 Å². The van der Waals surface area contributed by atoms with Gasteiger partial charge in [0.2, 0.25) is 0 Å². The molecule has 0 saturated carbocycles. The van der Waals surface area contributed by atoms with Crippen LogP contribution in [-0.2, 0) is 23.1 Å². The Labute approximate surface area is 241 Å². The van der Waals surface area contributed by atoms with Crippen molar-refractivity contribution < 1.29 is 32.5 Å². The number of phosphoric acid groups is 1. The molecular formula is C31H63NO6P+. The van der Waals surface area contributed by atoms with Crippen molar-refractivity contribution in [2.45, 2.75) is 135 Å². The molecule has 0 aromatic heterocycles.